The summed E-state index contributed by atoms with van der Waals surface area (Å²) in [6.07, 6.45) is 0. The van der Waals surface area contributed by atoms with E-state index in [0.29, 0.717) is 28.9 Å². The summed E-state index contributed by atoms with van der Waals surface area (Å²) in [5, 5.41) is 3.09. The standard InChI is InChI=1S/C47H27N5O2S/c1-3-11-29(12-4-1)43-50-44(30-13-5-2-6-14-30)52-45(51-43)32-25-26-39-38(27-32)48-46(53-39)31-23-21-28(22-24-31)33-15-9-16-34-35-17-10-18-36(42(35)54-41(33)34)47-49-37-19-7-8-20-40(37)55-47/h1-27H. The van der Waals surface area contributed by atoms with E-state index < -0.39 is 0 Å². The Hall–Kier alpha value is -7.29. The Bertz CT molecular complexity index is 3110. The van der Waals surface area contributed by atoms with Crippen LogP contribution in [0, 0.1) is 0 Å². The van der Waals surface area contributed by atoms with Gasteiger partial charge in [0.15, 0.2) is 23.1 Å². The minimum atomic E-state index is 0.534. The fourth-order valence-electron chi connectivity index (χ4n) is 7.12. The first kappa shape index (κ1) is 31.3. The molecule has 0 bridgehead atoms. The van der Waals surface area contributed by atoms with Gasteiger partial charge in [-0.05, 0) is 54.1 Å². The van der Waals surface area contributed by atoms with Crippen molar-refractivity contribution in [3.8, 4) is 67.3 Å². The van der Waals surface area contributed by atoms with Crippen molar-refractivity contribution in [2.75, 3.05) is 0 Å². The summed E-state index contributed by atoms with van der Waals surface area (Å²) >= 11 is 1.68. The van der Waals surface area contributed by atoms with Crippen LogP contribution in [0.4, 0.5) is 0 Å². The van der Waals surface area contributed by atoms with Gasteiger partial charge in [-0.3, -0.25) is 0 Å². The van der Waals surface area contributed by atoms with Crippen LogP contribution in [0.2, 0.25) is 0 Å². The Morgan fingerprint density at radius 2 is 0.964 bits per heavy atom. The van der Waals surface area contributed by atoms with Crippen molar-refractivity contribution < 1.29 is 8.83 Å². The smallest absolute Gasteiger partial charge is 0.227 e. The third-order valence-corrected chi connectivity index (χ3v) is 10.9. The van der Waals surface area contributed by atoms with Gasteiger partial charge < -0.3 is 8.83 Å². The van der Waals surface area contributed by atoms with Gasteiger partial charge in [0.05, 0.1) is 15.8 Å². The molecule has 4 aromatic heterocycles. The molecule has 0 amide bonds. The second-order valence-electron chi connectivity index (χ2n) is 13.3. The Morgan fingerprint density at radius 1 is 0.382 bits per heavy atom. The predicted octanol–water partition coefficient (Wildman–Crippen LogP) is 12.5. The van der Waals surface area contributed by atoms with E-state index in [1.54, 1.807) is 11.3 Å². The maximum Gasteiger partial charge on any atom is 0.227 e. The molecule has 0 radical (unpaired) electrons. The van der Waals surface area contributed by atoms with Gasteiger partial charge in [0.2, 0.25) is 5.89 Å². The second-order valence-corrected chi connectivity index (χ2v) is 14.3. The van der Waals surface area contributed by atoms with Crippen LogP contribution < -0.4 is 0 Å². The monoisotopic (exact) mass is 725 g/mol. The molecular weight excluding hydrogens is 699 g/mol. The first-order valence-corrected chi connectivity index (χ1v) is 18.7. The second kappa shape index (κ2) is 12.7. The summed E-state index contributed by atoms with van der Waals surface area (Å²) in [6.45, 7) is 0. The van der Waals surface area contributed by atoms with Gasteiger partial charge in [-0.2, -0.15) is 0 Å². The van der Waals surface area contributed by atoms with Crippen LogP contribution in [0.3, 0.4) is 0 Å². The van der Waals surface area contributed by atoms with Crippen molar-refractivity contribution >= 4 is 54.6 Å². The molecule has 11 rings (SSSR count). The molecule has 0 aliphatic heterocycles. The van der Waals surface area contributed by atoms with E-state index >= 15 is 0 Å². The van der Waals surface area contributed by atoms with E-state index in [2.05, 4.69) is 60.7 Å². The molecular formula is C47H27N5O2S. The van der Waals surface area contributed by atoms with Crippen LogP contribution in [-0.4, -0.2) is 24.9 Å². The largest absolute Gasteiger partial charge is 0.455 e. The summed E-state index contributed by atoms with van der Waals surface area (Å²) in [6, 6.07) is 54.9. The number of thiazole rings is 1. The Kier molecular flexibility index (Phi) is 7.21. The molecule has 8 heteroatoms. The van der Waals surface area contributed by atoms with E-state index in [0.717, 1.165) is 81.6 Å². The van der Waals surface area contributed by atoms with Crippen LogP contribution >= 0.6 is 11.3 Å². The van der Waals surface area contributed by atoms with Crippen molar-refractivity contribution in [2.24, 2.45) is 0 Å². The van der Waals surface area contributed by atoms with Crippen LogP contribution in [0.25, 0.3) is 111 Å². The van der Waals surface area contributed by atoms with Gasteiger partial charge in [-0.1, -0.05) is 115 Å². The first-order valence-electron chi connectivity index (χ1n) is 17.9. The zero-order chi connectivity index (χ0) is 36.3. The van der Waals surface area contributed by atoms with Crippen LogP contribution in [0.1, 0.15) is 0 Å². The van der Waals surface area contributed by atoms with Gasteiger partial charge in [-0.25, -0.2) is 24.9 Å². The SMILES string of the molecule is c1ccc(-c2nc(-c3ccccc3)nc(-c3ccc4oc(-c5ccc(-c6cccc7c6oc6c(-c8nc9ccccc9s8)cccc67)cc5)nc4c3)n2)cc1. The molecule has 0 N–H and O–H groups in total. The van der Waals surface area contributed by atoms with Gasteiger partial charge in [0.25, 0.3) is 0 Å². The lowest BCUT2D eigenvalue weighted by atomic mass is 10.0. The van der Waals surface area contributed by atoms with Crippen molar-refractivity contribution in [3.05, 3.63) is 164 Å². The number of rotatable bonds is 6. The van der Waals surface area contributed by atoms with Gasteiger partial charge in [0.1, 0.15) is 21.7 Å². The average Bonchev–Trinajstić information content (AvgIpc) is 3.99. The van der Waals surface area contributed by atoms with Crippen molar-refractivity contribution in [3.63, 3.8) is 0 Å². The summed E-state index contributed by atoms with van der Waals surface area (Å²) in [4.78, 5) is 24.4. The molecule has 0 aliphatic carbocycles. The Morgan fingerprint density at radius 3 is 1.65 bits per heavy atom. The lowest BCUT2D eigenvalue weighted by Crippen LogP contribution is -2.00. The highest BCUT2D eigenvalue weighted by atomic mass is 32.1. The highest BCUT2D eigenvalue weighted by Gasteiger charge is 2.19. The molecule has 4 heterocycles. The molecule has 7 aromatic carbocycles. The van der Waals surface area contributed by atoms with E-state index in [1.165, 1.54) is 0 Å². The highest BCUT2D eigenvalue weighted by molar-refractivity contribution is 7.21. The van der Waals surface area contributed by atoms with E-state index in [1.807, 2.05) is 103 Å². The fraction of sp³-hybridized carbons (Fsp3) is 0. The zero-order valence-corrected chi connectivity index (χ0v) is 29.9. The number of benzene rings is 7. The summed E-state index contributed by atoms with van der Waals surface area (Å²) in [5.41, 5.74) is 10.7. The first-order chi connectivity index (χ1) is 27.2. The average molecular weight is 726 g/mol. The molecule has 0 aliphatic rings. The molecule has 0 fully saturated rings. The molecule has 258 valence electrons. The van der Waals surface area contributed by atoms with E-state index in [4.69, 9.17) is 33.8 Å². The van der Waals surface area contributed by atoms with Gasteiger partial charge >= 0.3 is 0 Å². The summed E-state index contributed by atoms with van der Waals surface area (Å²) < 4.78 is 14.1. The number of furan rings is 1. The minimum absolute atomic E-state index is 0.534. The Labute approximate surface area is 318 Å². The lowest BCUT2D eigenvalue weighted by molar-refractivity contribution is 0.620. The lowest BCUT2D eigenvalue weighted by Gasteiger charge is -2.08. The number of nitrogens with zero attached hydrogens (tertiary/aromatic N) is 5. The number of aromatic nitrogens is 5. The van der Waals surface area contributed by atoms with Crippen LogP contribution in [-0.2, 0) is 0 Å². The van der Waals surface area contributed by atoms with Crippen LogP contribution in [0.5, 0.6) is 0 Å². The molecule has 0 unspecified atom stereocenters. The Balaban J connectivity index is 0.938. The number of hydrogen-bond donors (Lipinski definition) is 0. The summed E-state index contributed by atoms with van der Waals surface area (Å²) in [7, 11) is 0. The molecule has 7 nitrogen and oxygen atoms in total. The molecule has 0 saturated carbocycles. The third kappa shape index (κ3) is 5.47. The molecule has 11 aromatic rings. The maximum atomic E-state index is 6.71. The topological polar surface area (TPSA) is 90.7 Å². The zero-order valence-electron chi connectivity index (χ0n) is 29.0. The van der Waals surface area contributed by atoms with E-state index in [9.17, 15) is 0 Å². The summed E-state index contributed by atoms with van der Waals surface area (Å²) in [5.74, 6) is 2.32. The molecule has 0 saturated heterocycles. The van der Waals surface area contributed by atoms with Crippen LogP contribution in [0.15, 0.2) is 173 Å². The number of hydrogen-bond acceptors (Lipinski definition) is 8. The van der Waals surface area contributed by atoms with Crippen molar-refractivity contribution in [1.82, 2.24) is 24.9 Å². The van der Waals surface area contributed by atoms with Crippen molar-refractivity contribution in [1.29, 1.82) is 0 Å². The van der Waals surface area contributed by atoms with Crippen molar-refractivity contribution in [2.45, 2.75) is 0 Å². The minimum Gasteiger partial charge on any atom is -0.455 e. The van der Waals surface area contributed by atoms with Gasteiger partial charge in [-0.15, -0.1) is 11.3 Å². The number of fused-ring (bicyclic) bond motifs is 5. The third-order valence-electron chi connectivity index (χ3n) is 9.84. The molecule has 0 spiro atoms. The van der Waals surface area contributed by atoms with Gasteiger partial charge in [0, 0.05) is 38.6 Å². The molecule has 55 heavy (non-hydrogen) atoms. The normalized spacial score (nSPS) is 11.6. The predicted molar refractivity (Wildman–Crippen MR) is 220 cm³/mol. The fourth-order valence-corrected chi connectivity index (χ4v) is 8.11. The number of para-hydroxylation sites is 3. The number of oxazole rings is 1. The van der Waals surface area contributed by atoms with E-state index in [-0.39, 0.29) is 0 Å². The quantitative estimate of drug-likeness (QED) is 0.168. The molecule has 0 atom stereocenters. The maximum absolute atomic E-state index is 6.71. The highest BCUT2D eigenvalue weighted by Crippen LogP contribution is 2.42.